The summed E-state index contributed by atoms with van der Waals surface area (Å²) < 4.78 is 0. The smallest absolute Gasteiger partial charge is 0.117 e. The number of aromatic nitrogens is 2. The molecule has 6 nitrogen and oxygen atoms in total. The van der Waals surface area contributed by atoms with Crippen LogP contribution in [0.25, 0.3) is 10.9 Å². The number of hydrogen-bond donors (Lipinski definition) is 0. The Bertz CT molecular complexity index is 999. The molecular weight excluding hydrogens is 352 g/mol. The van der Waals surface area contributed by atoms with Crippen molar-refractivity contribution in [3.8, 4) is 0 Å². The van der Waals surface area contributed by atoms with Crippen LogP contribution in [0.1, 0.15) is 37.4 Å². The first-order chi connectivity index (χ1) is 13.7. The molecule has 0 spiro atoms. The van der Waals surface area contributed by atoms with Gasteiger partial charge in [0.2, 0.25) is 0 Å². The molecule has 2 heterocycles. The highest BCUT2D eigenvalue weighted by atomic mass is 16.6. The minimum atomic E-state index is 0.516. The van der Waals surface area contributed by atoms with E-state index in [0.29, 0.717) is 6.61 Å². The van der Waals surface area contributed by atoms with Gasteiger partial charge in [0.25, 0.3) is 0 Å². The minimum absolute atomic E-state index is 0.516. The summed E-state index contributed by atoms with van der Waals surface area (Å²) in [4.78, 5) is 19.5. The van der Waals surface area contributed by atoms with Crippen molar-refractivity contribution in [2.45, 2.75) is 26.7 Å². The average molecular weight is 376 g/mol. The number of aryl methyl sites for hydroxylation is 1. The van der Waals surface area contributed by atoms with Crippen molar-refractivity contribution in [1.82, 2.24) is 9.97 Å². The molecule has 0 radical (unpaired) electrons. The largest absolute Gasteiger partial charge is 0.399 e. The van der Waals surface area contributed by atoms with Gasteiger partial charge in [-0.05, 0) is 51.0 Å². The van der Waals surface area contributed by atoms with Gasteiger partial charge in [0, 0.05) is 11.1 Å². The summed E-state index contributed by atoms with van der Waals surface area (Å²) in [7, 11) is 1.53. The van der Waals surface area contributed by atoms with Crippen LogP contribution in [-0.2, 0) is 16.1 Å². The predicted octanol–water partition coefficient (Wildman–Crippen LogP) is 4.37. The van der Waals surface area contributed by atoms with Gasteiger partial charge in [-0.15, -0.1) is 0 Å². The number of para-hydroxylation sites is 1. The molecule has 0 amide bonds. The lowest BCUT2D eigenvalue weighted by Crippen LogP contribution is -2.04. The van der Waals surface area contributed by atoms with Crippen molar-refractivity contribution in [3.63, 3.8) is 0 Å². The summed E-state index contributed by atoms with van der Waals surface area (Å²) in [6, 6.07) is 17.9. The van der Waals surface area contributed by atoms with Crippen LogP contribution in [0.15, 0.2) is 64.9 Å². The van der Waals surface area contributed by atoms with Gasteiger partial charge in [-0.1, -0.05) is 40.6 Å². The van der Waals surface area contributed by atoms with Gasteiger partial charge in [0.1, 0.15) is 25.1 Å². The minimum Gasteiger partial charge on any atom is -0.399 e. The highest BCUT2D eigenvalue weighted by Crippen LogP contribution is 2.12. The van der Waals surface area contributed by atoms with Gasteiger partial charge >= 0.3 is 0 Å². The molecule has 28 heavy (non-hydrogen) atoms. The van der Waals surface area contributed by atoms with Crippen LogP contribution in [-0.4, -0.2) is 35.1 Å². The summed E-state index contributed by atoms with van der Waals surface area (Å²) >= 11 is 0. The first-order valence-electron chi connectivity index (χ1n) is 9.24. The fourth-order valence-electron chi connectivity index (χ4n) is 2.78. The molecule has 0 aliphatic heterocycles. The fraction of sp³-hybridized carbons (Fsp3) is 0.273. The van der Waals surface area contributed by atoms with Crippen LogP contribution in [0, 0.1) is 0 Å². The molecule has 0 bridgehead atoms. The summed E-state index contributed by atoms with van der Waals surface area (Å²) in [6.45, 7) is 4.29. The Labute approximate surface area is 164 Å². The topological polar surface area (TPSA) is 69.0 Å². The van der Waals surface area contributed by atoms with Gasteiger partial charge in [0.15, 0.2) is 0 Å². The molecule has 6 heteroatoms. The molecular formula is C22H24N4O2. The van der Waals surface area contributed by atoms with E-state index >= 15 is 0 Å². The van der Waals surface area contributed by atoms with Crippen molar-refractivity contribution in [2.75, 3.05) is 13.7 Å². The third kappa shape index (κ3) is 5.13. The van der Waals surface area contributed by atoms with E-state index in [1.807, 2.05) is 68.4 Å². The molecule has 0 unspecified atom stereocenters. The zero-order valence-corrected chi connectivity index (χ0v) is 16.4. The Hall–Kier alpha value is -3.28. The number of benzene rings is 1. The van der Waals surface area contributed by atoms with Crippen LogP contribution in [0.5, 0.6) is 0 Å². The van der Waals surface area contributed by atoms with Crippen molar-refractivity contribution in [3.05, 3.63) is 71.7 Å². The van der Waals surface area contributed by atoms with Crippen LogP contribution in [0.2, 0.25) is 0 Å². The Morgan fingerprint density at radius 2 is 1.64 bits per heavy atom. The standard InChI is InChI=1S/C22H24N4O2/c1-16(25-27-3)20-12-6-9-19(23-20)10-7-15-28-26-17(2)21-14-13-18-8-4-5-11-22(18)24-21/h4-6,8-9,11-14H,7,10,15H2,1-3H3/b25-16+,26-17+. The average Bonchev–Trinajstić information content (AvgIpc) is 2.73. The Balaban J connectivity index is 1.52. The molecule has 0 fully saturated rings. The first-order valence-corrected chi connectivity index (χ1v) is 9.24. The number of rotatable bonds is 8. The Morgan fingerprint density at radius 3 is 2.50 bits per heavy atom. The zero-order chi connectivity index (χ0) is 19.8. The molecule has 144 valence electrons. The highest BCUT2D eigenvalue weighted by Gasteiger charge is 2.04. The maximum Gasteiger partial charge on any atom is 0.117 e. The van der Waals surface area contributed by atoms with E-state index < -0.39 is 0 Å². The fourth-order valence-corrected chi connectivity index (χ4v) is 2.78. The molecule has 0 N–H and O–H groups in total. The molecule has 2 aromatic heterocycles. The predicted molar refractivity (Wildman–Crippen MR) is 112 cm³/mol. The van der Waals surface area contributed by atoms with E-state index in [2.05, 4.69) is 20.3 Å². The first kappa shape index (κ1) is 19.5. The molecule has 3 rings (SSSR count). The highest BCUT2D eigenvalue weighted by molar-refractivity contribution is 5.98. The van der Waals surface area contributed by atoms with Crippen molar-refractivity contribution in [2.24, 2.45) is 10.3 Å². The van der Waals surface area contributed by atoms with Gasteiger partial charge in [-0.2, -0.15) is 0 Å². The molecule has 1 aromatic carbocycles. The molecule has 0 aliphatic rings. The third-order valence-electron chi connectivity index (χ3n) is 4.24. The lowest BCUT2D eigenvalue weighted by molar-refractivity contribution is 0.141. The molecule has 0 saturated carbocycles. The van der Waals surface area contributed by atoms with Crippen LogP contribution < -0.4 is 0 Å². The van der Waals surface area contributed by atoms with Gasteiger partial charge in [0.05, 0.1) is 16.9 Å². The number of oxime groups is 2. The second-order valence-corrected chi connectivity index (χ2v) is 6.38. The maximum atomic E-state index is 5.48. The number of pyridine rings is 2. The van der Waals surface area contributed by atoms with Crippen molar-refractivity contribution < 1.29 is 9.68 Å². The number of fused-ring (bicyclic) bond motifs is 1. The molecule has 0 saturated heterocycles. The molecule has 3 aromatic rings. The summed E-state index contributed by atoms with van der Waals surface area (Å²) in [6.07, 6.45) is 1.62. The van der Waals surface area contributed by atoms with E-state index in [1.165, 1.54) is 7.11 Å². The lowest BCUT2D eigenvalue weighted by Gasteiger charge is -2.05. The van der Waals surface area contributed by atoms with E-state index in [9.17, 15) is 0 Å². The monoisotopic (exact) mass is 376 g/mol. The van der Waals surface area contributed by atoms with Crippen LogP contribution in [0.4, 0.5) is 0 Å². The SMILES string of the molecule is CO/N=C(\C)c1cccc(CCCO/N=C(\C)c2ccc3ccccc3n2)n1. The van der Waals surface area contributed by atoms with Crippen molar-refractivity contribution in [1.29, 1.82) is 0 Å². The number of nitrogens with zero attached hydrogens (tertiary/aromatic N) is 4. The van der Waals surface area contributed by atoms with Crippen LogP contribution in [0.3, 0.4) is 0 Å². The van der Waals surface area contributed by atoms with Crippen molar-refractivity contribution >= 4 is 22.3 Å². The zero-order valence-electron chi connectivity index (χ0n) is 16.4. The van der Waals surface area contributed by atoms with E-state index in [0.717, 1.165) is 52.2 Å². The molecule has 0 atom stereocenters. The summed E-state index contributed by atoms with van der Waals surface area (Å²) in [5.41, 5.74) is 5.09. The summed E-state index contributed by atoms with van der Waals surface area (Å²) in [5, 5.41) is 9.23. The van der Waals surface area contributed by atoms with Gasteiger partial charge in [-0.3, -0.25) is 4.98 Å². The lowest BCUT2D eigenvalue weighted by atomic mass is 10.2. The number of hydrogen-bond acceptors (Lipinski definition) is 6. The van der Waals surface area contributed by atoms with E-state index in [-0.39, 0.29) is 0 Å². The van der Waals surface area contributed by atoms with Crippen LogP contribution >= 0.6 is 0 Å². The maximum absolute atomic E-state index is 5.48. The van der Waals surface area contributed by atoms with E-state index in [1.54, 1.807) is 0 Å². The molecule has 0 aliphatic carbocycles. The normalized spacial score (nSPS) is 12.2. The van der Waals surface area contributed by atoms with E-state index in [4.69, 9.17) is 9.68 Å². The third-order valence-corrected chi connectivity index (χ3v) is 4.24. The van der Waals surface area contributed by atoms with Gasteiger partial charge < -0.3 is 9.68 Å². The Kier molecular flexibility index (Phi) is 6.68. The summed E-state index contributed by atoms with van der Waals surface area (Å²) in [5.74, 6) is 0. The second kappa shape index (κ2) is 9.60. The Morgan fingerprint density at radius 1 is 0.857 bits per heavy atom. The second-order valence-electron chi connectivity index (χ2n) is 6.38. The quantitative estimate of drug-likeness (QED) is 0.332. The van der Waals surface area contributed by atoms with Gasteiger partial charge in [-0.25, -0.2) is 4.98 Å².